The molecule has 11 nitrogen and oxygen atoms in total. The Morgan fingerprint density at radius 1 is 1.18 bits per heavy atom. The van der Waals surface area contributed by atoms with E-state index in [1.165, 1.54) is 23.4 Å². The highest BCUT2D eigenvalue weighted by molar-refractivity contribution is 6.32. The number of halogens is 2. The zero-order valence-electron chi connectivity index (χ0n) is 17.5. The van der Waals surface area contributed by atoms with E-state index in [4.69, 9.17) is 27.9 Å². The minimum absolute atomic E-state index is 0.175. The summed E-state index contributed by atoms with van der Waals surface area (Å²) < 4.78 is 7.54. The van der Waals surface area contributed by atoms with E-state index < -0.39 is 18.1 Å². The molecule has 0 saturated carbocycles. The maximum atomic E-state index is 13.1. The summed E-state index contributed by atoms with van der Waals surface area (Å²) in [6.07, 6.45) is 4.50. The van der Waals surface area contributed by atoms with Crippen molar-refractivity contribution in [2.45, 2.75) is 12.2 Å². The number of fused-ring (bicyclic) bond motifs is 1. The normalized spacial score (nSPS) is 15.1. The van der Waals surface area contributed by atoms with Crippen LogP contribution in [0.3, 0.4) is 0 Å². The van der Waals surface area contributed by atoms with Gasteiger partial charge >= 0.3 is 0 Å². The predicted octanol–water partition coefficient (Wildman–Crippen LogP) is 1.97. The molecule has 34 heavy (non-hydrogen) atoms. The molecule has 0 unspecified atom stereocenters. The number of anilines is 1. The molecule has 1 aliphatic rings. The SMILES string of the molecule is O=C(Nc1ccc(Cl)cn1)[C@H](CN1CC(O)C1)Oc1ncnc2c1cnn2-c1ncccc1Cl. The number of aliphatic hydroxyl groups excluding tert-OH is 1. The lowest BCUT2D eigenvalue weighted by Gasteiger charge is -2.37. The van der Waals surface area contributed by atoms with Gasteiger partial charge in [-0.05, 0) is 24.3 Å². The monoisotopic (exact) mass is 500 g/mol. The number of carbonyl (C=O) groups excluding carboxylic acids is 1. The zero-order chi connectivity index (χ0) is 23.7. The van der Waals surface area contributed by atoms with Crippen molar-refractivity contribution in [2.75, 3.05) is 25.0 Å². The van der Waals surface area contributed by atoms with E-state index in [0.717, 1.165) is 0 Å². The molecule has 5 heterocycles. The molecule has 0 radical (unpaired) electrons. The summed E-state index contributed by atoms with van der Waals surface area (Å²) in [7, 11) is 0. The zero-order valence-corrected chi connectivity index (χ0v) is 19.1. The average molecular weight is 501 g/mol. The van der Waals surface area contributed by atoms with Gasteiger partial charge in [-0.1, -0.05) is 23.2 Å². The summed E-state index contributed by atoms with van der Waals surface area (Å²) in [5.74, 6) is 0.482. The van der Waals surface area contributed by atoms with Crippen molar-refractivity contribution < 1.29 is 14.6 Å². The lowest BCUT2D eigenvalue weighted by atomic mass is 10.1. The molecule has 1 amide bonds. The van der Waals surface area contributed by atoms with Gasteiger partial charge in [0.05, 0.1) is 22.3 Å². The Labute approximate surface area is 203 Å². The number of β-amino-alcohol motifs (C(OH)–C–C–N with tert-alkyl or cyclic N) is 1. The fourth-order valence-corrected chi connectivity index (χ4v) is 3.81. The van der Waals surface area contributed by atoms with Crippen molar-refractivity contribution in [3.63, 3.8) is 0 Å². The molecule has 0 bridgehead atoms. The second-order valence-corrected chi connectivity index (χ2v) is 8.45. The molecule has 4 aromatic heterocycles. The Kier molecular flexibility index (Phi) is 6.24. The van der Waals surface area contributed by atoms with Crippen LogP contribution in [-0.2, 0) is 4.79 Å². The van der Waals surface area contributed by atoms with Gasteiger partial charge in [-0.25, -0.2) is 19.9 Å². The van der Waals surface area contributed by atoms with E-state index in [-0.39, 0.29) is 12.4 Å². The van der Waals surface area contributed by atoms with Gasteiger partial charge in [0.15, 0.2) is 17.6 Å². The van der Waals surface area contributed by atoms with Crippen LogP contribution in [0.2, 0.25) is 10.0 Å². The lowest BCUT2D eigenvalue weighted by molar-refractivity contribution is -0.125. The second-order valence-electron chi connectivity index (χ2n) is 7.61. The third-order valence-electron chi connectivity index (χ3n) is 5.16. The van der Waals surface area contributed by atoms with E-state index in [1.807, 2.05) is 4.90 Å². The first-order valence-electron chi connectivity index (χ1n) is 10.3. The van der Waals surface area contributed by atoms with Crippen molar-refractivity contribution >= 4 is 46.0 Å². The number of hydrogen-bond donors (Lipinski definition) is 2. The van der Waals surface area contributed by atoms with E-state index >= 15 is 0 Å². The van der Waals surface area contributed by atoms with E-state index in [2.05, 4.69) is 30.4 Å². The standard InChI is InChI=1S/C21H18Cl2N8O3/c22-12-3-4-17(25-6-12)29-20(33)16(10-30-8-13(32)9-30)34-21-14-7-28-31(18(14)26-11-27-21)19-15(23)2-1-5-24-19/h1-7,11,13,16,32H,8-10H2,(H,25,29,33)/t16-/m0/s1. The summed E-state index contributed by atoms with van der Waals surface area (Å²) in [5.41, 5.74) is 0.420. The number of carbonyl (C=O) groups is 1. The Hall–Kier alpha value is -3.38. The minimum Gasteiger partial charge on any atom is -0.462 e. The molecule has 1 atom stereocenters. The fourth-order valence-electron chi connectivity index (χ4n) is 3.50. The van der Waals surface area contributed by atoms with Gasteiger partial charge in [0.25, 0.3) is 5.91 Å². The number of rotatable bonds is 7. The molecule has 1 fully saturated rings. The van der Waals surface area contributed by atoms with Crippen LogP contribution in [0, 0.1) is 0 Å². The largest absolute Gasteiger partial charge is 0.462 e. The lowest BCUT2D eigenvalue weighted by Crippen LogP contribution is -2.55. The molecule has 0 aliphatic carbocycles. The number of aromatic nitrogens is 6. The summed E-state index contributed by atoms with van der Waals surface area (Å²) in [4.78, 5) is 31.9. The highest BCUT2D eigenvalue weighted by atomic mass is 35.5. The molecule has 0 spiro atoms. The fraction of sp³-hybridized carbons (Fsp3) is 0.238. The average Bonchev–Trinajstić information content (AvgIpc) is 3.24. The van der Waals surface area contributed by atoms with Gasteiger partial charge in [0.1, 0.15) is 17.5 Å². The van der Waals surface area contributed by atoms with Crippen molar-refractivity contribution in [1.29, 1.82) is 0 Å². The van der Waals surface area contributed by atoms with Gasteiger partial charge < -0.3 is 15.2 Å². The van der Waals surface area contributed by atoms with Crippen LogP contribution in [0.15, 0.2) is 49.2 Å². The van der Waals surface area contributed by atoms with Crippen LogP contribution in [0.5, 0.6) is 5.88 Å². The van der Waals surface area contributed by atoms with E-state index in [9.17, 15) is 9.90 Å². The maximum Gasteiger partial charge on any atom is 0.268 e. The Morgan fingerprint density at radius 2 is 2.03 bits per heavy atom. The predicted molar refractivity (Wildman–Crippen MR) is 124 cm³/mol. The Bertz CT molecular complexity index is 1330. The van der Waals surface area contributed by atoms with Crippen LogP contribution in [0.1, 0.15) is 0 Å². The number of pyridine rings is 2. The minimum atomic E-state index is -0.954. The number of nitrogens with one attached hydrogen (secondary N) is 1. The summed E-state index contributed by atoms with van der Waals surface area (Å²) in [6.45, 7) is 1.13. The van der Waals surface area contributed by atoms with Crippen LogP contribution in [0.25, 0.3) is 16.9 Å². The van der Waals surface area contributed by atoms with Crippen molar-refractivity contribution in [2.24, 2.45) is 0 Å². The smallest absolute Gasteiger partial charge is 0.268 e. The van der Waals surface area contributed by atoms with Gasteiger partial charge in [-0.3, -0.25) is 9.69 Å². The van der Waals surface area contributed by atoms with E-state index in [0.29, 0.717) is 45.8 Å². The summed E-state index contributed by atoms with van der Waals surface area (Å²) in [5, 5.41) is 18.0. The molecular formula is C21H18Cl2N8O3. The second kappa shape index (κ2) is 9.47. The molecular weight excluding hydrogens is 483 g/mol. The molecule has 174 valence electrons. The third-order valence-corrected chi connectivity index (χ3v) is 5.67. The molecule has 0 aromatic carbocycles. The summed E-state index contributed by atoms with van der Waals surface area (Å²) >= 11 is 12.1. The van der Waals surface area contributed by atoms with Crippen molar-refractivity contribution in [1.82, 2.24) is 34.6 Å². The van der Waals surface area contributed by atoms with Gasteiger partial charge in [0.2, 0.25) is 5.88 Å². The number of likely N-dealkylation sites (tertiary alicyclic amines) is 1. The highest BCUT2D eigenvalue weighted by Gasteiger charge is 2.32. The third kappa shape index (κ3) is 4.64. The first kappa shape index (κ1) is 22.4. The molecule has 2 N–H and O–H groups in total. The number of hydrogen-bond acceptors (Lipinski definition) is 9. The van der Waals surface area contributed by atoms with Crippen LogP contribution >= 0.6 is 23.2 Å². The Morgan fingerprint density at radius 3 is 2.76 bits per heavy atom. The topological polar surface area (TPSA) is 131 Å². The quantitative estimate of drug-likeness (QED) is 0.390. The molecule has 13 heteroatoms. The molecule has 5 rings (SSSR count). The summed E-state index contributed by atoms with van der Waals surface area (Å²) in [6, 6.07) is 6.63. The number of ether oxygens (including phenoxy) is 1. The number of aliphatic hydroxyl groups is 1. The van der Waals surface area contributed by atoms with Crippen LogP contribution in [-0.4, -0.2) is 77.5 Å². The first-order chi connectivity index (χ1) is 16.5. The van der Waals surface area contributed by atoms with E-state index in [1.54, 1.807) is 30.5 Å². The molecule has 1 saturated heterocycles. The molecule has 4 aromatic rings. The van der Waals surface area contributed by atoms with Crippen molar-refractivity contribution in [3.8, 4) is 11.7 Å². The number of amides is 1. The number of nitrogens with zero attached hydrogens (tertiary/aromatic N) is 7. The molecule has 1 aliphatic heterocycles. The first-order valence-corrected chi connectivity index (χ1v) is 11.0. The van der Waals surface area contributed by atoms with Gasteiger partial charge in [-0.2, -0.15) is 9.78 Å². The van der Waals surface area contributed by atoms with Crippen molar-refractivity contribution in [3.05, 3.63) is 59.2 Å². The Balaban J connectivity index is 1.43. The van der Waals surface area contributed by atoms with Crippen LogP contribution in [0.4, 0.5) is 5.82 Å². The van der Waals surface area contributed by atoms with Crippen LogP contribution < -0.4 is 10.1 Å². The van der Waals surface area contributed by atoms with Gasteiger partial charge in [0, 0.05) is 32.0 Å². The maximum absolute atomic E-state index is 13.1. The highest BCUT2D eigenvalue weighted by Crippen LogP contribution is 2.26. The van der Waals surface area contributed by atoms with Gasteiger partial charge in [-0.15, -0.1) is 0 Å².